The highest BCUT2D eigenvalue weighted by Gasteiger charge is 2.13. The molecule has 0 saturated heterocycles. The van der Waals surface area contributed by atoms with Crippen LogP contribution in [0.1, 0.15) is 246 Å². The summed E-state index contributed by atoms with van der Waals surface area (Å²) in [4.78, 5) is 30.1. The average molecular weight is 869 g/mol. The molecular weight excluding hydrogens is 765 g/mol. The zero-order valence-electron chi connectivity index (χ0n) is 41.2. The maximum Gasteiger partial charge on any atom is 0.307 e. The molecule has 364 valence electrons. The van der Waals surface area contributed by atoms with Gasteiger partial charge >= 0.3 is 11.9 Å². The molecule has 0 rings (SSSR count). The van der Waals surface area contributed by atoms with Crippen molar-refractivity contribution in [3.63, 3.8) is 0 Å². The summed E-state index contributed by atoms with van der Waals surface area (Å²) in [5.74, 6) is -0.176. The highest BCUT2D eigenvalue weighted by molar-refractivity contribution is 5.69. The largest absolute Gasteiger partial charge is 0.466 e. The first kappa shape index (κ1) is 59.7. The number of unbranched alkanes of at least 4 members (excludes halogenated alkanes) is 24. The van der Waals surface area contributed by atoms with Gasteiger partial charge in [0.25, 0.3) is 0 Å². The topological polar surface area (TPSA) is 97.8 Å². The minimum atomic E-state index is -0.302. The molecular formula is C52H104N2O7. The van der Waals surface area contributed by atoms with Crippen LogP contribution >= 0.6 is 0 Å². The first-order valence-corrected chi connectivity index (χ1v) is 26.6. The van der Waals surface area contributed by atoms with Crippen LogP contribution in [0.3, 0.4) is 0 Å². The van der Waals surface area contributed by atoms with E-state index in [-0.39, 0.29) is 24.8 Å². The molecule has 0 aliphatic rings. The van der Waals surface area contributed by atoms with Crippen molar-refractivity contribution in [1.82, 2.24) is 9.80 Å². The molecule has 0 saturated carbocycles. The number of hydrogen-bond donors (Lipinski definition) is 1. The Bertz CT molecular complexity index is 876. The van der Waals surface area contributed by atoms with Gasteiger partial charge in [0.1, 0.15) is 0 Å². The fourth-order valence-corrected chi connectivity index (χ4v) is 7.83. The standard InChI is InChI=1S/C52H104N2O7/c1-5-9-13-17-20-28-42-54(41-27-16-12-8-4)44-37-51(57)58-46-33-24-21-29-39-53(43-31-32-45-55)40-30-25-26-36-50(56)59-49-38-52(60-47-34-22-18-14-10-6-2)61-48-35-23-19-15-11-7-3/h52,55H,5-49H2,1-4H3. The summed E-state index contributed by atoms with van der Waals surface area (Å²) in [6.07, 6.45) is 37.8. The molecule has 9 heteroatoms. The van der Waals surface area contributed by atoms with E-state index in [0.717, 1.165) is 110 Å². The molecule has 0 aromatic carbocycles. The molecule has 0 amide bonds. The van der Waals surface area contributed by atoms with E-state index in [0.29, 0.717) is 45.7 Å². The number of carbonyl (C=O) groups excluding carboxylic acids is 2. The van der Waals surface area contributed by atoms with Crippen LogP contribution in [0.25, 0.3) is 0 Å². The van der Waals surface area contributed by atoms with Crippen LogP contribution in [0.5, 0.6) is 0 Å². The molecule has 0 aromatic heterocycles. The van der Waals surface area contributed by atoms with Crippen molar-refractivity contribution in [1.29, 1.82) is 0 Å². The third-order valence-corrected chi connectivity index (χ3v) is 11.9. The van der Waals surface area contributed by atoms with E-state index in [2.05, 4.69) is 37.5 Å². The van der Waals surface area contributed by atoms with E-state index in [1.807, 2.05) is 0 Å². The Kier molecular flexibility index (Phi) is 48.7. The van der Waals surface area contributed by atoms with Gasteiger partial charge in [-0.15, -0.1) is 0 Å². The number of hydrogen-bond acceptors (Lipinski definition) is 9. The van der Waals surface area contributed by atoms with Gasteiger partial charge in [0, 0.05) is 39.2 Å². The molecule has 61 heavy (non-hydrogen) atoms. The zero-order chi connectivity index (χ0) is 44.5. The van der Waals surface area contributed by atoms with Crippen LogP contribution in [0, 0.1) is 0 Å². The summed E-state index contributed by atoms with van der Waals surface area (Å²) in [6.45, 7) is 17.6. The monoisotopic (exact) mass is 869 g/mol. The summed E-state index contributed by atoms with van der Waals surface area (Å²) in [7, 11) is 0. The number of ether oxygens (including phenoxy) is 4. The lowest BCUT2D eigenvalue weighted by Gasteiger charge is -2.22. The quantitative estimate of drug-likeness (QED) is 0.0364. The van der Waals surface area contributed by atoms with Crippen molar-refractivity contribution >= 4 is 11.9 Å². The van der Waals surface area contributed by atoms with Crippen molar-refractivity contribution in [2.45, 2.75) is 252 Å². The third kappa shape index (κ3) is 45.1. The predicted octanol–water partition coefficient (Wildman–Crippen LogP) is 13.4. The zero-order valence-corrected chi connectivity index (χ0v) is 41.2. The van der Waals surface area contributed by atoms with Crippen molar-refractivity contribution in [2.24, 2.45) is 0 Å². The summed E-state index contributed by atoms with van der Waals surface area (Å²) in [5.41, 5.74) is 0. The second kappa shape index (κ2) is 49.8. The third-order valence-electron chi connectivity index (χ3n) is 11.9. The van der Waals surface area contributed by atoms with Gasteiger partial charge in [0.05, 0.1) is 19.6 Å². The number of nitrogens with zero attached hydrogens (tertiary/aromatic N) is 2. The van der Waals surface area contributed by atoms with Gasteiger partial charge in [-0.3, -0.25) is 9.59 Å². The Balaban J connectivity index is 4.33. The summed E-state index contributed by atoms with van der Waals surface area (Å²) < 4.78 is 23.5. The van der Waals surface area contributed by atoms with Crippen LogP contribution in [0.4, 0.5) is 0 Å². The van der Waals surface area contributed by atoms with E-state index in [1.54, 1.807) is 0 Å². The maximum atomic E-state index is 12.6. The normalized spacial score (nSPS) is 11.7. The minimum Gasteiger partial charge on any atom is -0.466 e. The van der Waals surface area contributed by atoms with Crippen molar-refractivity contribution in [3.05, 3.63) is 0 Å². The van der Waals surface area contributed by atoms with Gasteiger partial charge < -0.3 is 33.9 Å². The SMILES string of the molecule is CCCCCCCCOC(CCOC(=O)CCCCCN(CCCCO)CCCCCCOC(=O)CCN(CCCCCC)CCCCCCCC)OCCCCCCCC. The fourth-order valence-electron chi connectivity index (χ4n) is 7.83. The molecule has 0 atom stereocenters. The lowest BCUT2D eigenvalue weighted by molar-refractivity contribution is -0.161. The van der Waals surface area contributed by atoms with Gasteiger partial charge in [-0.05, 0) is 96.9 Å². The maximum absolute atomic E-state index is 12.6. The average Bonchev–Trinajstić information content (AvgIpc) is 3.26. The first-order chi connectivity index (χ1) is 30.0. The number of esters is 2. The summed E-state index contributed by atoms with van der Waals surface area (Å²) in [5, 5.41) is 9.33. The Morgan fingerprint density at radius 3 is 1.20 bits per heavy atom. The van der Waals surface area contributed by atoms with Gasteiger partial charge in [-0.1, -0.05) is 163 Å². The van der Waals surface area contributed by atoms with Crippen molar-refractivity contribution < 1.29 is 33.6 Å². The molecule has 9 nitrogen and oxygen atoms in total. The van der Waals surface area contributed by atoms with Crippen molar-refractivity contribution in [2.75, 3.05) is 72.3 Å². The van der Waals surface area contributed by atoms with Crippen LogP contribution in [0.15, 0.2) is 0 Å². The lowest BCUT2D eigenvalue weighted by atomic mass is 10.1. The Morgan fingerprint density at radius 2 is 0.721 bits per heavy atom. The van der Waals surface area contributed by atoms with Crippen LogP contribution in [0.2, 0.25) is 0 Å². The molecule has 0 fully saturated rings. The van der Waals surface area contributed by atoms with Gasteiger partial charge in [0.2, 0.25) is 0 Å². The second-order valence-corrected chi connectivity index (χ2v) is 17.9. The predicted molar refractivity (Wildman–Crippen MR) is 257 cm³/mol. The van der Waals surface area contributed by atoms with E-state index in [4.69, 9.17) is 18.9 Å². The molecule has 0 heterocycles. The molecule has 0 spiro atoms. The number of aliphatic hydroxyl groups is 1. The van der Waals surface area contributed by atoms with E-state index in [1.165, 1.54) is 128 Å². The molecule has 0 radical (unpaired) electrons. The molecule has 0 aliphatic carbocycles. The van der Waals surface area contributed by atoms with Crippen LogP contribution in [-0.4, -0.2) is 105 Å². The van der Waals surface area contributed by atoms with E-state index < -0.39 is 0 Å². The van der Waals surface area contributed by atoms with Gasteiger partial charge in [-0.2, -0.15) is 0 Å². The molecule has 0 aromatic rings. The molecule has 1 N–H and O–H groups in total. The van der Waals surface area contributed by atoms with Gasteiger partial charge in [-0.25, -0.2) is 0 Å². The van der Waals surface area contributed by atoms with Crippen LogP contribution < -0.4 is 0 Å². The lowest BCUT2D eigenvalue weighted by Crippen LogP contribution is -2.29. The number of carbonyl (C=O) groups is 2. The smallest absolute Gasteiger partial charge is 0.307 e. The highest BCUT2D eigenvalue weighted by atomic mass is 16.7. The van der Waals surface area contributed by atoms with Crippen molar-refractivity contribution in [3.8, 4) is 0 Å². The fraction of sp³-hybridized carbons (Fsp3) is 0.962. The summed E-state index contributed by atoms with van der Waals surface area (Å²) in [6, 6.07) is 0. The van der Waals surface area contributed by atoms with Gasteiger partial charge in [0.15, 0.2) is 6.29 Å². The molecule has 0 unspecified atom stereocenters. The molecule has 0 aliphatic heterocycles. The second-order valence-electron chi connectivity index (χ2n) is 17.9. The number of aliphatic hydroxyl groups excluding tert-OH is 1. The Morgan fingerprint density at radius 1 is 0.377 bits per heavy atom. The minimum absolute atomic E-state index is 0.0502. The Hall–Kier alpha value is -1.26. The number of rotatable bonds is 51. The first-order valence-electron chi connectivity index (χ1n) is 26.6. The van der Waals surface area contributed by atoms with E-state index in [9.17, 15) is 14.7 Å². The van der Waals surface area contributed by atoms with E-state index >= 15 is 0 Å². The highest BCUT2D eigenvalue weighted by Crippen LogP contribution is 2.13. The summed E-state index contributed by atoms with van der Waals surface area (Å²) >= 11 is 0. The molecule has 0 bridgehead atoms. The van der Waals surface area contributed by atoms with Crippen LogP contribution in [-0.2, 0) is 28.5 Å². The Labute approximate surface area is 378 Å².